The first-order valence-electron chi connectivity index (χ1n) is 12.5. The fraction of sp³-hybridized carbons (Fsp3) is 0.444. The maximum Gasteiger partial charge on any atom is 0.214 e. The van der Waals surface area contributed by atoms with E-state index in [-0.39, 0.29) is 0 Å². The van der Waals surface area contributed by atoms with Crippen LogP contribution < -0.4 is 15.5 Å². The van der Waals surface area contributed by atoms with Crippen LogP contribution >= 0.6 is 23.2 Å². The van der Waals surface area contributed by atoms with Crippen LogP contribution in [0.3, 0.4) is 0 Å². The third-order valence-electron chi connectivity index (χ3n) is 6.66. The van der Waals surface area contributed by atoms with E-state index in [2.05, 4.69) is 38.8 Å². The van der Waals surface area contributed by atoms with E-state index in [0.29, 0.717) is 23.0 Å². The number of carbonyl (C=O) groups is 1. The predicted octanol–water partition coefficient (Wildman–Crippen LogP) is 4.48. The van der Waals surface area contributed by atoms with Gasteiger partial charge < -0.3 is 25.3 Å². The number of piperazine rings is 1. The topological polar surface area (TPSA) is 50.9 Å². The predicted molar refractivity (Wildman–Crippen MR) is 145 cm³/mol. The number of benzene rings is 2. The van der Waals surface area contributed by atoms with Gasteiger partial charge >= 0.3 is 0 Å². The number of likely N-dealkylation sites (tertiary alicyclic amines) is 1. The molecule has 0 atom stereocenters. The fourth-order valence-corrected chi connectivity index (χ4v) is 5.07. The number of amides is 1. The van der Waals surface area contributed by atoms with Crippen molar-refractivity contribution in [2.75, 3.05) is 50.7 Å². The number of halogens is 2. The molecule has 2 aromatic carbocycles. The Kier molecular flexibility index (Phi) is 9.57. The molecule has 0 radical (unpaired) electrons. The summed E-state index contributed by atoms with van der Waals surface area (Å²) in [6.45, 7) is 7.60. The molecule has 0 spiro atoms. The van der Waals surface area contributed by atoms with Crippen molar-refractivity contribution in [1.82, 2.24) is 20.4 Å². The molecule has 0 aromatic heterocycles. The van der Waals surface area contributed by atoms with Crippen LogP contribution in [0.5, 0.6) is 0 Å². The highest BCUT2D eigenvalue weighted by Gasteiger charge is 2.16. The lowest BCUT2D eigenvalue weighted by Crippen LogP contribution is -2.46. The minimum Gasteiger partial charge on any atom is -0.374 e. The van der Waals surface area contributed by atoms with Gasteiger partial charge in [-0.25, -0.2) is 0 Å². The summed E-state index contributed by atoms with van der Waals surface area (Å²) in [4.78, 5) is 18.4. The second kappa shape index (κ2) is 13.1. The van der Waals surface area contributed by atoms with E-state index in [1.165, 1.54) is 30.6 Å². The lowest BCUT2D eigenvalue weighted by atomic mass is 10.1. The minimum absolute atomic E-state index is 0.550. The van der Waals surface area contributed by atoms with Gasteiger partial charge in [0.1, 0.15) is 5.82 Å². The van der Waals surface area contributed by atoms with Gasteiger partial charge in [-0.3, -0.25) is 4.79 Å². The van der Waals surface area contributed by atoms with Gasteiger partial charge in [0.25, 0.3) is 0 Å². The van der Waals surface area contributed by atoms with Crippen molar-refractivity contribution in [1.29, 1.82) is 0 Å². The fourth-order valence-electron chi connectivity index (χ4n) is 4.57. The van der Waals surface area contributed by atoms with Crippen LogP contribution in [-0.2, 0) is 17.8 Å². The van der Waals surface area contributed by atoms with Crippen molar-refractivity contribution in [3.05, 3.63) is 75.7 Å². The molecule has 0 unspecified atom stereocenters. The first-order chi connectivity index (χ1) is 17.1. The number of hydrogen-bond acceptors (Lipinski definition) is 5. The Morgan fingerprint density at radius 2 is 1.74 bits per heavy atom. The van der Waals surface area contributed by atoms with Gasteiger partial charge in [-0.1, -0.05) is 41.4 Å². The molecule has 0 aliphatic carbocycles. The Bertz CT molecular complexity index is 986. The van der Waals surface area contributed by atoms with E-state index in [4.69, 9.17) is 23.2 Å². The van der Waals surface area contributed by atoms with Gasteiger partial charge in [-0.05, 0) is 61.1 Å². The standard InChI is InChI=1S/C27H35Cl2N5O/c28-24-7-6-23(26(29)18-24)10-15-34(21-35)25-8-4-22(5-9-25)19-31-27(33-16-11-30-12-17-33)20-32-13-2-1-3-14-32/h4-9,18,20-21,30-31H,1-3,10-17,19H2/b27-20-. The average Bonchev–Trinajstić information content (AvgIpc) is 2.90. The maximum atomic E-state index is 11.8. The molecular formula is C27H35Cl2N5O. The lowest BCUT2D eigenvalue weighted by Gasteiger charge is -2.34. The van der Waals surface area contributed by atoms with Gasteiger partial charge in [0.2, 0.25) is 6.41 Å². The summed E-state index contributed by atoms with van der Waals surface area (Å²) in [6.07, 6.45) is 7.72. The highest BCUT2D eigenvalue weighted by atomic mass is 35.5. The van der Waals surface area contributed by atoms with Gasteiger partial charge in [-0.2, -0.15) is 0 Å². The molecule has 2 aliphatic rings. The Morgan fingerprint density at radius 1 is 1.00 bits per heavy atom. The highest BCUT2D eigenvalue weighted by Crippen LogP contribution is 2.22. The Balaban J connectivity index is 1.36. The number of hydrogen-bond donors (Lipinski definition) is 2. The van der Waals surface area contributed by atoms with Crippen molar-refractivity contribution >= 4 is 35.3 Å². The number of nitrogens with zero attached hydrogens (tertiary/aromatic N) is 3. The largest absolute Gasteiger partial charge is 0.374 e. The Labute approximate surface area is 218 Å². The van der Waals surface area contributed by atoms with E-state index >= 15 is 0 Å². The third-order valence-corrected chi connectivity index (χ3v) is 7.25. The number of piperidine rings is 1. The van der Waals surface area contributed by atoms with Crippen LogP contribution in [0.4, 0.5) is 5.69 Å². The molecule has 2 saturated heterocycles. The van der Waals surface area contributed by atoms with Crippen molar-refractivity contribution in [2.24, 2.45) is 0 Å². The summed E-state index contributed by atoms with van der Waals surface area (Å²) in [5, 5.41) is 8.36. The molecule has 1 amide bonds. The van der Waals surface area contributed by atoms with Gasteiger partial charge in [0, 0.05) is 74.3 Å². The summed E-state index contributed by atoms with van der Waals surface area (Å²) < 4.78 is 0. The normalized spacial score (nSPS) is 16.8. The van der Waals surface area contributed by atoms with Gasteiger partial charge in [0.05, 0.1) is 0 Å². The van der Waals surface area contributed by atoms with Crippen LogP contribution in [-0.4, -0.2) is 62.0 Å². The van der Waals surface area contributed by atoms with Gasteiger partial charge in [0.15, 0.2) is 0 Å². The van der Waals surface area contributed by atoms with Crippen molar-refractivity contribution < 1.29 is 4.79 Å². The zero-order chi connectivity index (χ0) is 24.5. The van der Waals surface area contributed by atoms with E-state index in [1.54, 1.807) is 11.0 Å². The molecule has 0 bridgehead atoms. The molecule has 8 heteroatoms. The number of carbonyl (C=O) groups excluding carboxylic acids is 1. The second-order valence-corrected chi connectivity index (χ2v) is 10.00. The first-order valence-corrected chi connectivity index (χ1v) is 13.3. The Hall–Kier alpha value is -2.41. The lowest BCUT2D eigenvalue weighted by molar-refractivity contribution is -0.107. The van der Waals surface area contributed by atoms with E-state index in [1.807, 2.05) is 24.3 Å². The van der Waals surface area contributed by atoms with Crippen LogP contribution in [0.2, 0.25) is 10.0 Å². The first kappa shape index (κ1) is 25.7. The molecule has 6 nitrogen and oxygen atoms in total. The number of anilines is 1. The number of nitrogens with one attached hydrogen (secondary N) is 2. The van der Waals surface area contributed by atoms with Crippen LogP contribution in [0, 0.1) is 0 Å². The van der Waals surface area contributed by atoms with Crippen LogP contribution in [0.25, 0.3) is 0 Å². The Morgan fingerprint density at radius 3 is 2.43 bits per heavy atom. The monoisotopic (exact) mass is 515 g/mol. The molecule has 35 heavy (non-hydrogen) atoms. The smallest absolute Gasteiger partial charge is 0.214 e. The number of rotatable bonds is 10. The summed E-state index contributed by atoms with van der Waals surface area (Å²) in [5.74, 6) is 1.20. The molecule has 2 heterocycles. The van der Waals surface area contributed by atoms with Crippen LogP contribution in [0.1, 0.15) is 30.4 Å². The molecule has 2 aliphatic heterocycles. The summed E-state index contributed by atoms with van der Waals surface area (Å²) in [7, 11) is 0. The zero-order valence-electron chi connectivity index (χ0n) is 20.2. The summed E-state index contributed by atoms with van der Waals surface area (Å²) >= 11 is 12.3. The van der Waals surface area contributed by atoms with E-state index < -0.39 is 0 Å². The zero-order valence-corrected chi connectivity index (χ0v) is 21.7. The quantitative estimate of drug-likeness (QED) is 0.457. The average molecular weight is 517 g/mol. The third kappa shape index (κ3) is 7.53. The second-order valence-electron chi connectivity index (χ2n) is 9.15. The summed E-state index contributed by atoms with van der Waals surface area (Å²) in [6, 6.07) is 13.7. The molecule has 2 N–H and O–H groups in total. The molecule has 188 valence electrons. The molecule has 0 saturated carbocycles. The summed E-state index contributed by atoms with van der Waals surface area (Å²) in [5.41, 5.74) is 3.03. The molecular weight excluding hydrogens is 481 g/mol. The molecule has 4 rings (SSSR count). The van der Waals surface area contributed by atoms with E-state index in [9.17, 15) is 4.79 Å². The van der Waals surface area contributed by atoms with Crippen molar-refractivity contribution in [3.8, 4) is 0 Å². The molecule has 2 fully saturated rings. The van der Waals surface area contributed by atoms with Crippen molar-refractivity contribution in [3.63, 3.8) is 0 Å². The SMILES string of the molecule is O=CN(CCc1ccc(Cl)cc1Cl)c1ccc(CN/C(=C/N2CCCCC2)N2CCNCC2)cc1. The van der Waals surface area contributed by atoms with Crippen LogP contribution in [0.15, 0.2) is 54.5 Å². The van der Waals surface area contributed by atoms with Crippen molar-refractivity contribution in [2.45, 2.75) is 32.2 Å². The van der Waals surface area contributed by atoms with E-state index in [0.717, 1.165) is 63.5 Å². The molecule has 2 aromatic rings. The van der Waals surface area contributed by atoms with Gasteiger partial charge in [-0.15, -0.1) is 0 Å². The highest BCUT2D eigenvalue weighted by molar-refractivity contribution is 6.35. The minimum atomic E-state index is 0.550. The maximum absolute atomic E-state index is 11.8.